The van der Waals surface area contributed by atoms with Crippen molar-refractivity contribution in [1.82, 2.24) is 4.90 Å². The molecule has 0 aliphatic heterocycles. The molecule has 0 aliphatic rings. The lowest BCUT2D eigenvalue weighted by Gasteiger charge is -2.32. The van der Waals surface area contributed by atoms with Crippen molar-refractivity contribution in [3.63, 3.8) is 0 Å². The normalized spacial score (nSPS) is 16.8. The molecule has 0 aromatic heterocycles. The molecule has 2 N–H and O–H groups in total. The Morgan fingerprint density at radius 3 is 2.07 bits per heavy atom. The predicted octanol–water partition coefficient (Wildman–Crippen LogP) is 2.25. The molecule has 1 unspecified atom stereocenters. The smallest absolute Gasteiger partial charge is 0.330 e. The summed E-state index contributed by atoms with van der Waals surface area (Å²) in [7, 11) is 1.48. The van der Waals surface area contributed by atoms with Crippen LogP contribution in [0.3, 0.4) is 0 Å². The van der Waals surface area contributed by atoms with E-state index in [1.54, 1.807) is 0 Å². The summed E-state index contributed by atoms with van der Waals surface area (Å²) >= 11 is 0. The number of rotatable bonds is 6. The molecule has 0 radical (unpaired) electrons. The van der Waals surface area contributed by atoms with Gasteiger partial charge in [0.05, 0.1) is 6.54 Å². The predicted molar refractivity (Wildman–Crippen MR) is 55.6 cm³/mol. The first-order valence-corrected chi connectivity index (χ1v) is 5.18. The van der Waals surface area contributed by atoms with Gasteiger partial charge in [-0.25, -0.2) is 0 Å². The zero-order valence-electron chi connectivity index (χ0n) is 9.69. The molecule has 2 nitrogen and oxygen atoms in total. The van der Waals surface area contributed by atoms with E-state index in [9.17, 15) is 13.2 Å². The van der Waals surface area contributed by atoms with Crippen molar-refractivity contribution in [3.8, 4) is 0 Å². The van der Waals surface area contributed by atoms with Crippen LogP contribution in [-0.2, 0) is 0 Å². The summed E-state index contributed by atoms with van der Waals surface area (Å²) < 4.78 is 36.3. The number of hydrogen-bond donors (Lipinski definition) is 1. The summed E-state index contributed by atoms with van der Waals surface area (Å²) in [4.78, 5) is 1.29. The van der Waals surface area contributed by atoms with Crippen LogP contribution in [-0.4, -0.2) is 37.8 Å². The van der Waals surface area contributed by atoms with E-state index < -0.39 is 12.7 Å². The van der Waals surface area contributed by atoms with Gasteiger partial charge in [-0.15, -0.1) is 0 Å². The fourth-order valence-electron chi connectivity index (χ4n) is 1.86. The Bertz CT molecular complexity index is 182. The maximum Gasteiger partial charge on any atom is 0.401 e. The first-order valence-electron chi connectivity index (χ1n) is 5.18. The summed E-state index contributed by atoms with van der Waals surface area (Å²) in [5.41, 5.74) is 5.38. The van der Waals surface area contributed by atoms with Crippen LogP contribution in [0.5, 0.6) is 0 Å². The van der Waals surface area contributed by atoms with Crippen LogP contribution in [0.25, 0.3) is 0 Å². The van der Waals surface area contributed by atoms with Gasteiger partial charge in [-0.05, 0) is 25.4 Å². The number of hydrogen-bond acceptors (Lipinski definition) is 2. The Hall–Kier alpha value is -0.290. The largest absolute Gasteiger partial charge is 0.401 e. The van der Waals surface area contributed by atoms with Crippen LogP contribution in [0, 0.1) is 5.41 Å². The molecular weight excluding hydrogens is 205 g/mol. The van der Waals surface area contributed by atoms with Crippen LogP contribution in [0.2, 0.25) is 0 Å². The van der Waals surface area contributed by atoms with Gasteiger partial charge in [0.15, 0.2) is 0 Å². The van der Waals surface area contributed by atoms with Crippen LogP contribution in [0.1, 0.15) is 26.7 Å². The molecule has 0 saturated carbocycles. The zero-order chi connectivity index (χ0) is 12.1. The summed E-state index contributed by atoms with van der Waals surface area (Å²) in [5, 5.41) is 0. The van der Waals surface area contributed by atoms with E-state index in [0.717, 1.165) is 12.8 Å². The molecule has 0 bridgehead atoms. The first kappa shape index (κ1) is 14.7. The molecule has 0 spiro atoms. The van der Waals surface area contributed by atoms with E-state index in [4.69, 9.17) is 5.73 Å². The minimum Gasteiger partial charge on any atom is -0.330 e. The van der Waals surface area contributed by atoms with Crippen molar-refractivity contribution < 1.29 is 13.2 Å². The van der Waals surface area contributed by atoms with Crippen LogP contribution < -0.4 is 5.73 Å². The van der Waals surface area contributed by atoms with E-state index in [2.05, 4.69) is 0 Å². The van der Waals surface area contributed by atoms with Crippen LogP contribution >= 0.6 is 0 Å². The van der Waals surface area contributed by atoms with Crippen LogP contribution in [0.4, 0.5) is 13.2 Å². The SMILES string of the molecule is CCCC(C)(CN)CN(C)CC(F)(F)F. The van der Waals surface area contributed by atoms with Gasteiger partial charge in [-0.3, -0.25) is 4.90 Å². The van der Waals surface area contributed by atoms with Crippen molar-refractivity contribution >= 4 is 0 Å². The zero-order valence-corrected chi connectivity index (χ0v) is 9.69. The summed E-state index contributed by atoms with van der Waals surface area (Å²) in [6.07, 6.45) is -2.34. The third-order valence-electron chi connectivity index (χ3n) is 2.45. The molecule has 1 atom stereocenters. The lowest BCUT2D eigenvalue weighted by Crippen LogP contribution is -2.42. The Labute approximate surface area is 89.6 Å². The van der Waals surface area contributed by atoms with E-state index in [-0.39, 0.29) is 5.41 Å². The van der Waals surface area contributed by atoms with E-state index in [1.165, 1.54) is 11.9 Å². The van der Waals surface area contributed by atoms with E-state index >= 15 is 0 Å². The molecule has 0 saturated heterocycles. The van der Waals surface area contributed by atoms with Crippen LogP contribution in [0.15, 0.2) is 0 Å². The fourth-order valence-corrected chi connectivity index (χ4v) is 1.86. The summed E-state index contributed by atoms with van der Waals surface area (Å²) in [6, 6.07) is 0. The number of nitrogens with two attached hydrogens (primary N) is 1. The Kier molecular flexibility index (Phi) is 5.59. The molecule has 15 heavy (non-hydrogen) atoms. The highest BCUT2D eigenvalue weighted by molar-refractivity contribution is 4.78. The molecule has 92 valence electrons. The van der Waals surface area contributed by atoms with Gasteiger partial charge >= 0.3 is 6.18 Å². The van der Waals surface area contributed by atoms with Gasteiger partial charge in [0.2, 0.25) is 0 Å². The van der Waals surface area contributed by atoms with Gasteiger partial charge < -0.3 is 5.73 Å². The topological polar surface area (TPSA) is 29.3 Å². The highest BCUT2D eigenvalue weighted by Gasteiger charge is 2.32. The second-order valence-electron chi connectivity index (χ2n) is 4.55. The maximum absolute atomic E-state index is 12.1. The fraction of sp³-hybridized carbons (Fsp3) is 1.00. The molecule has 0 heterocycles. The third kappa shape index (κ3) is 6.73. The number of nitrogens with zero attached hydrogens (tertiary/aromatic N) is 1. The number of halogens is 3. The second-order valence-corrected chi connectivity index (χ2v) is 4.55. The Morgan fingerprint density at radius 1 is 1.20 bits per heavy atom. The highest BCUT2D eigenvalue weighted by atomic mass is 19.4. The minimum absolute atomic E-state index is 0.214. The highest BCUT2D eigenvalue weighted by Crippen LogP contribution is 2.24. The lowest BCUT2D eigenvalue weighted by atomic mass is 9.85. The van der Waals surface area contributed by atoms with Crippen molar-refractivity contribution in [1.29, 1.82) is 0 Å². The van der Waals surface area contributed by atoms with Crippen molar-refractivity contribution in [2.75, 3.05) is 26.7 Å². The average molecular weight is 226 g/mol. The lowest BCUT2D eigenvalue weighted by molar-refractivity contribution is -0.145. The minimum atomic E-state index is -4.13. The van der Waals surface area contributed by atoms with E-state index in [0.29, 0.717) is 13.1 Å². The second kappa shape index (κ2) is 5.70. The first-order chi connectivity index (χ1) is 6.72. The summed E-state index contributed by atoms with van der Waals surface area (Å²) in [5.74, 6) is 0. The van der Waals surface area contributed by atoms with Gasteiger partial charge in [0.1, 0.15) is 0 Å². The monoisotopic (exact) mass is 226 g/mol. The molecular formula is C10H21F3N2. The third-order valence-corrected chi connectivity index (χ3v) is 2.45. The molecule has 0 aliphatic carbocycles. The van der Waals surface area contributed by atoms with Gasteiger partial charge in [-0.1, -0.05) is 20.3 Å². The van der Waals surface area contributed by atoms with E-state index in [1.807, 2.05) is 13.8 Å². The van der Waals surface area contributed by atoms with Gasteiger partial charge in [0.25, 0.3) is 0 Å². The van der Waals surface area contributed by atoms with Crippen molar-refractivity contribution in [2.45, 2.75) is 32.9 Å². The Morgan fingerprint density at radius 2 is 1.73 bits per heavy atom. The van der Waals surface area contributed by atoms with Crippen molar-refractivity contribution in [3.05, 3.63) is 0 Å². The number of alkyl halides is 3. The van der Waals surface area contributed by atoms with Gasteiger partial charge in [-0.2, -0.15) is 13.2 Å². The molecule has 0 aromatic carbocycles. The molecule has 0 amide bonds. The maximum atomic E-state index is 12.1. The Balaban J connectivity index is 4.18. The molecule has 5 heteroatoms. The molecule has 0 aromatic rings. The average Bonchev–Trinajstić information content (AvgIpc) is 2.00. The van der Waals surface area contributed by atoms with Crippen molar-refractivity contribution in [2.24, 2.45) is 11.1 Å². The quantitative estimate of drug-likeness (QED) is 0.752. The molecule has 0 fully saturated rings. The summed E-state index contributed by atoms with van der Waals surface area (Å²) in [6.45, 7) is 3.88. The van der Waals surface area contributed by atoms with Gasteiger partial charge in [0, 0.05) is 6.54 Å². The standard InChI is InChI=1S/C10H21F3N2/c1-4-5-9(2,6-14)7-15(3)8-10(11,12)13/h4-8,14H2,1-3H3. The molecule has 0 rings (SSSR count).